The normalized spacial score (nSPS) is 9.19. The Hall–Kier alpha value is -1.30. The van der Waals surface area contributed by atoms with Crippen LogP contribution in [0.15, 0.2) is 0 Å². The minimum Gasteiger partial charge on any atom is -0.370 e. The first-order valence-corrected chi connectivity index (χ1v) is 5.90. The van der Waals surface area contributed by atoms with Crippen molar-refractivity contribution in [3.05, 3.63) is 0 Å². The van der Waals surface area contributed by atoms with Crippen molar-refractivity contribution in [2.24, 2.45) is 5.73 Å². The summed E-state index contributed by atoms with van der Waals surface area (Å²) >= 11 is 0. The van der Waals surface area contributed by atoms with Gasteiger partial charge in [-0.25, -0.2) is 0 Å². The van der Waals surface area contributed by atoms with Crippen molar-refractivity contribution < 1.29 is 17.5 Å². The zero-order chi connectivity index (χ0) is 13.0. The van der Waals surface area contributed by atoms with Gasteiger partial charge in [0.2, 0.25) is 0 Å². The minimum absolute atomic E-state index is 0.0160. The van der Waals surface area contributed by atoms with Crippen LogP contribution in [0.25, 0.3) is 0 Å². The van der Waals surface area contributed by atoms with Gasteiger partial charge in [0.15, 0.2) is 5.96 Å². The predicted octanol–water partition coefficient (Wildman–Crippen LogP) is 0.0103. The molecule has 8 heteroatoms. The summed E-state index contributed by atoms with van der Waals surface area (Å²) in [4.78, 5) is 0. The number of nitrogens with one attached hydrogen (secondary N) is 2. The van der Waals surface area contributed by atoms with E-state index < -0.39 is 10.4 Å². The number of nitrogens with two attached hydrogens (primary N) is 1. The second-order valence-corrected chi connectivity index (χ2v) is 3.54. The molecule has 94 valence electrons. The Labute approximate surface area is 95.5 Å². The zero-order valence-electron chi connectivity index (χ0n) is 9.02. The van der Waals surface area contributed by atoms with Crippen molar-refractivity contribution in [1.82, 2.24) is 5.32 Å². The van der Waals surface area contributed by atoms with E-state index in [1.807, 2.05) is 0 Å². The molecule has 0 aliphatic rings. The third-order valence-corrected chi connectivity index (χ3v) is 1.07. The largest absolute Gasteiger partial charge is 0.394 e. The van der Waals surface area contributed by atoms with Crippen LogP contribution in [0, 0.1) is 17.3 Å². The number of guanidine groups is 1. The fourth-order valence-corrected chi connectivity index (χ4v) is 0.561. The van der Waals surface area contributed by atoms with Crippen LogP contribution in [0.2, 0.25) is 0 Å². The highest BCUT2D eigenvalue weighted by atomic mass is 32.3. The van der Waals surface area contributed by atoms with E-state index in [1.165, 1.54) is 0 Å². The van der Waals surface area contributed by atoms with Gasteiger partial charge in [0.1, 0.15) is 0 Å². The highest BCUT2D eigenvalue weighted by molar-refractivity contribution is 7.79. The number of hydrogen-bond acceptors (Lipinski definition) is 3. The van der Waals surface area contributed by atoms with Gasteiger partial charge in [-0.3, -0.25) is 14.5 Å². The van der Waals surface area contributed by atoms with Crippen molar-refractivity contribution in [1.29, 1.82) is 5.41 Å². The highest BCUT2D eigenvalue weighted by Crippen LogP contribution is 1.81. The fraction of sp³-hybridized carbons (Fsp3) is 0.625. The lowest BCUT2D eigenvalue weighted by Gasteiger charge is -1.97. The van der Waals surface area contributed by atoms with Gasteiger partial charge in [-0.2, -0.15) is 8.42 Å². The number of hydrogen-bond donors (Lipinski definition) is 5. The molecule has 0 saturated carbocycles. The molecule has 0 radical (unpaired) electrons. The van der Waals surface area contributed by atoms with Crippen LogP contribution < -0.4 is 11.1 Å². The van der Waals surface area contributed by atoms with Crippen molar-refractivity contribution in [3.63, 3.8) is 0 Å². The third kappa shape index (κ3) is 38.7. The maximum Gasteiger partial charge on any atom is 0.394 e. The number of rotatable bonds is 3. The molecule has 0 unspecified atom stereocenters. The van der Waals surface area contributed by atoms with Crippen LogP contribution in [0.3, 0.4) is 0 Å². The van der Waals surface area contributed by atoms with Gasteiger partial charge in [-0.1, -0.05) is 6.92 Å². The molecule has 0 aliphatic heterocycles. The average molecular weight is 251 g/mol. The van der Waals surface area contributed by atoms with Crippen LogP contribution in [0.1, 0.15) is 26.2 Å². The van der Waals surface area contributed by atoms with Crippen LogP contribution in [-0.2, 0) is 10.4 Å². The fourth-order valence-electron chi connectivity index (χ4n) is 0.561. The first-order valence-electron chi connectivity index (χ1n) is 4.50. The van der Waals surface area contributed by atoms with Gasteiger partial charge < -0.3 is 11.1 Å². The zero-order valence-corrected chi connectivity index (χ0v) is 9.84. The van der Waals surface area contributed by atoms with Crippen molar-refractivity contribution in [2.45, 2.75) is 26.2 Å². The van der Waals surface area contributed by atoms with Crippen molar-refractivity contribution >= 4 is 16.4 Å². The molecule has 0 aromatic rings. The van der Waals surface area contributed by atoms with E-state index in [2.05, 4.69) is 24.1 Å². The van der Waals surface area contributed by atoms with Crippen molar-refractivity contribution in [2.75, 3.05) is 6.54 Å². The molecule has 0 aromatic carbocycles. The average Bonchev–Trinajstić information content (AvgIpc) is 2.08. The topological polar surface area (TPSA) is 136 Å². The Morgan fingerprint density at radius 1 is 1.38 bits per heavy atom. The Morgan fingerprint density at radius 2 is 1.81 bits per heavy atom. The second kappa shape index (κ2) is 10.2. The van der Waals surface area contributed by atoms with Gasteiger partial charge in [0, 0.05) is 19.4 Å². The van der Waals surface area contributed by atoms with E-state index in [0.29, 0.717) is 6.54 Å². The van der Waals surface area contributed by atoms with E-state index in [-0.39, 0.29) is 5.96 Å². The van der Waals surface area contributed by atoms with Gasteiger partial charge in [0.05, 0.1) is 0 Å². The van der Waals surface area contributed by atoms with E-state index in [9.17, 15) is 0 Å². The first kappa shape index (κ1) is 17.1. The Morgan fingerprint density at radius 3 is 2.19 bits per heavy atom. The summed E-state index contributed by atoms with van der Waals surface area (Å²) in [7, 11) is -4.67. The third-order valence-electron chi connectivity index (χ3n) is 1.07. The molecule has 0 aromatic heterocycles. The summed E-state index contributed by atoms with van der Waals surface area (Å²) in [6.45, 7) is 2.77. The van der Waals surface area contributed by atoms with Crippen LogP contribution in [-0.4, -0.2) is 30.0 Å². The summed E-state index contributed by atoms with van der Waals surface area (Å²) < 4.78 is 31.6. The quantitative estimate of drug-likeness (QED) is 0.157. The molecule has 16 heavy (non-hydrogen) atoms. The molecule has 0 bridgehead atoms. The lowest BCUT2D eigenvalue weighted by atomic mass is 10.3. The van der Waals surface area contributed by atoms with Crippen LogP contribution >= 0.6 is 0 Å². The SMILES string of the molecule is CCCC#CCCNC(=N)N.O=S(=O)(O)O. The summed E-state index contributed by atoms with van der Waals surface area (Å²) in [6, 6.07) is 0. The smallest absolute Gasteiger partial charge is 0.370 e. The maximum atomic E-state index is 8.74. The molecular weight excluding hydrogens is 234 g/mol. The van der Waals surface area contributed by atoms with Crippen LogP contribution in [0.4, 0.5) is 0 Å². The number of unbranched alkanes of at least 4 members (excludes halogenated alkanes) is 1. The molecule has 0 aliphatic carbocycles. The Bertz CT molecular complexity index is 334. The summed E-state index contributed by atoms with van der Waals surface area (Å²) in [5.74, 6) is 6.00. The monoisotopic (exact) mass is 251 g/mol. The highest BCUT2D eigenvalue weighted by Gasteiger charge is 1.84. The molecule has 0 rings (SSSR count). The minimum atomic E-state index is -4.67. The van der Waals surface area contributed by atoms with E-state index >= 15 is 0 Å². The molecule has 0 atom stereocenters. The van der Waals surface area contributed by atoms with Gasteiger partial charge in [-0.15, -0.1) is 11.8 Å². The first-order chi connectivity index (χ1) is 7.27. The predicted molar refractivity (Wildman–Crippen MR) is 61.4 cm³/mol. The van der Waals surface area contributed by atoms with Gasteiger partial charge in [-0.05, 0) is 6.42 Å². The summed E-state index contributed by atoms with van der Waals surface area (Å²) in [5.41, 5.74) is 5.06. The van der Waals surface area contributed by atoms with E-state index in [4.69, 9.17) is 28.7 Å². The molecule has 0 fully saturated rings. The van der Waals surface area contributed by atoms with Gasteiger partial charge in [0.25, 0.3) is 0 Å². The molecule has 7 nitrogen and oxygen atoms in total. The lowest BCUT2D eigenvalue weighted by Crippen LogP contribution is -2.30. The lowest BCUT2D eigenvalue weighted by molar-refractivity contribution is 0.381. The van der Waals surface area contributed by atoms with E-state index in [1.54, 1.807) is 0 Å². The van der Waals surface area contributed by atoms with Crippen molar-refractivity contribution in [3.8, 4) is 11.8 Å². The molecule has 0 amide bonds. The molecular formula is C8H17N3O4S. The maximum absolute atomic E-state index is 8.74. The molecule has 6 N–H and O–H groups in total. The van der Waals surface area contributed by atoms with Crippen LogP contribution in [0.5, 0.6) is 0 Å². The summed E-state index contributed by atoms with van der Waals surface area (Å²) in [5, 5.41) is 9.51. The second-order valence-electron chi connectivity index (χ2n) is 2.64. The molecule has 0 saturated heterocycles. The standard InChI is InChI=1S/C8H15N3.H2O4S/c1-2-3-4-5-6-7-11-8(9)10;1-5(2,3)4/h2-3,6-7H2,1H3,(H4,9,10,11);(H2,1,2,3,4). The Balaban J connectivity index is 0. The Kier molecular flexibility index (Phi) is 10.9. The van der Waals surface area contributed by atoms with E-state index in [0.717, 1.165) is 19.3 Å². The molecule has 0 heterocycles. The summed E-state index contributed by atoms with van der Waals surface area (Å²) in [6.07, 6.45) is 2.83. The molecule has 0 spiro atoms. The van der Waals surface area contributed by atoms with Gasteiger partial charge >= 0.3 is 10.4 Å².